The Hall–Kier alpha value is -3.35. The highest BCUT2D eigenvalue weighted by Crippen LogP contribution is 2.31. The van der Waals surface area contributed by atoms with Crippen molar-refractivity contribution in [3.63, 3.8) is 0 Å². The lowest BCUT2D eigenvalue weighted by molar-refractivity contribution is -0.132. The second-order valence-electron chi connectivity index (χ2n) is 4.88. The van der Waals surface area contributed by atoms with Crippen LogP contribution in [0.5, 0.6) is 23.0 Å². The van der Waals surface area contributed by atoms with E-state index in [0.29, 0.717) is 11.8 Å². The summed E-state index contributed by atoms with van der Waals surface area (Å²) in [6.07, 6.45) is 0.659. The van der Waals surface area contributed by atoms with E-state index in [9.17, 15) is 14.4 Å². The molecule has 0 amide bonds. The monoisotopic (exact) mass is 344 g/mol. The van der Waals surface area contributed by atoms with Gasteiger partial charge in [0.25, 0.3) is 0 Å². The lowest BCUT2D eigenvalue weighted by Gasteiger charge is -2.11. The fraction of sp³-hybridized carbons (Fsp3) is 0.167. The molecule has 7 nitrogen and oxygen atoms in total. The zero-order valence-corrected chi connectivity index (χ0v) is 13.9. The van der Waals surface area contributed by atoms with Crippen molar-refractivity contribution in [3.8, 4) is 23.0 Å². The van der Waals surface area contributed by atoms with Crippen molar-refractivity contribution in [2.45, 2.75) is 6.92 Å². The van der Waals surface area contributed by atoms with Gasteiger partial charge in [0.05, 0.1) is 19.8 Å². The Morgan fingerprint density at radius 2 is 1.44 bits per heavy atom. The molecule has 0 heterocycles. The number of rotatable bonds is 6. The minimum absolute atomic E-state index is 0.168. The summed E-state index contributed by atoms with van der Waals surface area (Å²) in [7, 11) is 2.79. The lowest BCUT2D eigenvalue weighted by atomic mass is 10.2. The summed E-state index contributed by atoms with van der Waals surface area (Å²) in [5, 5.41) is 0. The number of hydrogen-bond acceptors (Lipinski definition) is 7. The van der Waals surface area contributed by atoms with E-state index in [1.54, 1.807) is 0 Å². The molecule has 2 aromatic carbocycles. The van der Waals surface area contributed by atoms with Crippen molar-refractivity contribution < 1.29 is 33.3 Å². The molecule has 0 saturated carbocycles. The molecule has 25 heavy (non-hydrogen) atoms. The number of methoxy groups -OCH3 is 2. The van der Waals surface area contributed by atoms with Gasteiger partial charge in [-0.2, -0.15) is 0 Å². The highest BCUT2D eigenvalue weighted by molar-refractivity contribution is 5.92. The predicted molar refractivity (Wildman–Crippen MR) is 87.6 cm³/mol. The Kier molecular flexibility index (Phi) is 5.73. The summed E-state index contributed by atoms with van der Waals surface area (Å²) >= 11 is 0. The van der Waals surface area contributed by atoms with Crippen molar-refractivity contribution in [1.82, 2.24) is 0 Å². The average Bonchev–Trinajstić information content (AvgIpc) is 2.61. The smallest absolute Gasteiger partial charge is 0.343 e. The summed E-state index contributed by atoms with van der Waals surface area (Å²) in [6.45, 7) is 1.26. The van der Waals surface area contributed by atoms with Crippen LogP contribution in [-0.2, 0) is 4.79 Å². The first-order valence-corrected chi connectivity index (χ1v) is 7.20. The Morgan fingerprint density at radius 1 is 0.840 bits per heavy atom. The van der Waals surface area contributed by atoms with Gasteiger partial charge in [0.15, 0.2) is 23.0 Å². The number of carbonyl (C=O) groups is 3. The molecule has 0 atom stereocenters. The van der Waals surface area contributed by atoms with E-state index in [2.05, 4.69) is 0 Å². The highest BCUT2D eigenvalue weighted by atomic mass is 16.6. The molecular formula is C18H16O7. The van der Waals surface area contributed by atoms with E-state index in [1.807, 2.05) is 0 Å². The summed E-state index contributed by atoms with van der Waals surface area (Å²) in [5.74, 6) is -0.339. The van der Waals surface area contributed by atoms with E-state index in [1.165, 1.54) is 57.5 Å². The zero-order valence-electron chi connectivity index (χ0n) is 13.9. The second kappa shape index (κ2) is 7.96. The van der Waals surface area contributed by atoms with Crippen LogP contribution in [0, 0.1) is 0 Å². The van der Waals surface area contributed by atoms with Gasteiger partial charge >= 0.3 is 11.9 Å². The zero-order chi connectivity index (χ0) is 18.4. The molecule has 0 aromatic heterocycles. The molecule has 0 saturated heterocycles. The van der Waals surface area contributed by atoms with Crippen LogP contribution < -0.4 is 18.9 Å². The Morgan fingerprint density at radius 3 is 2.04 bits per heavy atom. The normalized spacial score (nSPS) is 9.88. The van der Waals surface area contributed by atoms with E-state index >= 15 is 0 Å². The molecule has 0 fully saturated rings. The second-order valence-corrected chi connectivity index (χ2v) is 4.88. The largest absolute Gasteiger partial charge is 0.493 e. The Bertz CT molecular complexity index is 811. The summed E-state index contributed by atoms with van der Waals surface area (Å²) < 4.78 is 20.5. The fourth-order valence-corrected chi connectivity index (χ4v) is 2.03. The molecule has 0 radical (unpaired) electrons. The van der Waals surface area contributed by atoms with E-state index in [0.717, 1.165) is 0 Å². The maximum Gasteiger partial charge on any atom is 0.343 e. The van der Waals surface area contributed by atoms with Crippen molar-refractivity contribution in [3.05, 3.63) is 47.5 Å². The summed E-state index contributed by atoms with van der Waals surface area (Å²) in [4.78, 5) is 34.2. The minimum atomic E-state index is -0.662. The molecular weight excluding hydrogens is 328 g/mol. The predicted octanol–water partition coefficient (Wildman–Crippen LogP) is 2.66. The third kappa shape index (κ3) is 4.35. The molecule has 0 bridgehead atoms. The first kappa shape index (κ1) is 18.0. The van der Waals surface area contributed by atoms with Gasteiger partial charge in [-0.1, -0.05) is 0 Å². The number of benzene rings is 2. The van der Waals surface area contributed by atoms with Crippen LogP contribution in [0.1, 0.15) is 27.6 Å². The SMILES string of the molecule is COc1cc(C(=O)Oc2ccc(C=O)cc2OC)ccc1OC(C)=O. The highest BCUT2D eigenvalue weighted by Gasteiger charge is 2.16. The first-order valence-electron chi connectivity index (χ1n) is 7.20. The van der Waals surface area contributed by atoms with Gasteiger partial charge in [-0.15, -0.1) is 0 Å². The van der Waals surface area contributed by atoms with Crippen LogP contribution in [0.15, 0.2) is 36.4 Å². The van der Waals surface area contributed by atoms with Crippen molar-refractivity contribution in [1.29, 1.82) is 0 Å². The van der Waals surface area contributed by atoms with Crippen molar-refractivity contribution in [2.75, 3.05) is 14.2 Å². The maximum absolute atomic E-state index is 12.3. The van der Waals surface area contributed by atoms with Gasteiger partial charge in [-0.25, -0.2) is 4.79 Å². The van der Waals surface area contributed by atoms with Crippen LogP contribution in [0.25, 0.3) is 0 Å². The van der Waals surface area contributed by atoms with E-state index in [4.69, 9.17) is 18.9 Å². The summed E-state index contributed by atoms with van der Waals surface area (Å²) in [6, 6.07) is 8.69. The van der Waals surface area contributed by atoms with Gasteiger partial charge in [-0.3, -0.25) is 9.59 Å². The molecule has 0 aliphatic heterocycles. The van der Waals surface area contributed by atoms with Crippen molar-refractivity contribution >= 4 is 18.2 Å². The lowest BCUT2D eigenvalue weighted by Crippen LogP contribution is -2.10. The summed E-state index contributed by atoms with van der Waals surface area (Å²) in [5.41, 5.74) is 0.582. The quantitative estimate of drug-likeness (QED) is 0.452. The third-order valence-electron chi connectivity index (χ3n) is 3.18. The van der Waals surface area contributed by atoms with Gasteiger partial charge in [0.2, 0.25) is 0 Å². The number of aldehydes is 1. The van der Waals surface area contributed by atoms with Gasteiger partial charge in [-0.05, 0) is 36.4 Å². The number of ether oxygens (including phenoxy) is 4. The van der Waals surface area contributed by atoms with Crippen molar-refractivity contribution in [2.24, 2.45) is 0 Å². The van der Waals surface area contributed by atoms with E-state index in [-0.39, 0.29) is 28.6 Å². The molecule has 2 rings (SSSR count). The maximum atomic E-state index is 12.3. The topological polar surface area (TPSA) is 88.1 Å². The third-order valence-corrected chi connectivity index (χ3v) is 3.18. The molecule has 7 heteroatoms. The van der Waals surface area contributed by atoms with Crippen LogP contribution in [0.3, 0.4) is 0 Å². The number of esters is 2. The van der Waals surface area contributed by atoms with Crippen LogP contribution in [0.2, 0.25) is 0 Å². The van der Waals surface area contributed by atoms with Gasteiger partial charge < -0.3 is 18.9 Å². The van der Waals surface area contributed by atoms with Crippen LogP contribution >= 0.6 is 0 Å². The number of hydrogen-bond donors (Lipinski definition) is 0. The van der Waals surface area contributed by atoms with E-state index < -0.39 is 11.9 Å². The molecule has 0 aliphatic carbocycles. The molecule has 130 valence electrons. The Balaban J connectivity index is 2.26. The molecule has 0 N–H and O–H groups in total. The Labute approximate surface area is 144 Å². The molecule has 2 aromatic rings. The molecule has 0 unspecified atom stereocenters. The van der Waals surface area contributed by atoms with Gasteiger partial charge in [0, 0.05) is 12.5 Å². The first-order chi connectivity index (χ1) is 12.0. The van der Waals surface area contributed by atoms with Gasteiger partial charge in [0.1, 0.15) is 6.29 Å². The number of carbonyl (C=O) groups excluding carboxylic acids is 3. The minimum Gasteiger partial charge on any atom is -0.493 e. The molecule has 0 aliphatic rings. The van der Waals surface area contributed by atoms with Crippen LogP contribution in [0.4, 0.5) is 0 Å². The average molecular weight is 344 g/mol. The fourth-order valence-electron chi connectivity index (χ4n) is 2.03. The molecule has 0 spiro atoms. The standard InChI is InChI=1S/C18H16O7/c1-11(20)24-14-7-5-13(9-17(14)23-3)18(21)25-15-6-4-12(10-19)8-16(15)22-2/h4-10H,1-3H3. The van der Waals surface area contributed by atoms with Crippen LogP contribution in [-0.4, -0.2) is 32.4 Å².